The summed E-state index contributed by atoms with van der Waals surface area (Å²) < 4.78 is 1.52. The summed E-state index contributed by atoms with van der Waals surface area (Å²) in [5, 5.41) is 15.6. The highest BCUT2D eigenvalue weighted by Gasteiger charge is 2.16. The number of carboxylic acids is 1. The quantitative estimate of drug-likeness (QED) is 0.915. The molecule has 0 saturated carbocycles. The Kier molecular flexibility index (Phi) is 2.93. The highest BCUT2D eigenvalue weighted by atomic mass is 35.5. The van der Waals surface area contributed by atoms with Crippen molar-refractivity contribution in [2.75, 3.05) is 0 Å². The minimum atomic E-state index is -0.878. The van der Waals surface area contributed by atoms with E-state index >= 15 is 0 Å². The maximum Gasteiger partial charge on any atom is 0.310 e. The molecular formula is C9H8ClN3O2S. The van der Waals surface area contributed by atoms with Crippen LogP contribution in [0.3, 0.4) is 0 Å². The number of hydrogen-bond donors (Lipinski definition) is 1. The van der Waals surface area contributed by atoms with Gasteiger partial charge in [-0.3, -0.25) is 4.79 Å². The van der Waals surface area contributed by atoms with E-state index < -0.39 is 11.9 Å². The number of nitrogens with zero attached hydrogens (tertiary/aromatic N) is 3. The van der Waals surface area contributed by atoms with Crippen LogP contribution in [-0.2, 0) is 4.79 Å². The Hall–Kier alpha value is -1.40. The molecule has 2 rings (SSSR count). The molecule has 2 aromatic rings. The Morgan fingerprint density at radius 2 is 2.44 bits per heavy atom. The van der Waals surface area contributed by atoms with Crippen molar-refractivity contribution < 1.29 is 9.90 Å². The van der Waals surface area contributed by atoms with Crippen LogP contribution in [0.4, 0.5) is 0 Å². The SMILES string of the molecule is CC(C(=O)O)c1cnn(-c2nc(Cl)cs2)c1. The van der Waals surface area contributed by atoms with E-state index in [1.54, 1.807) is 18.5 Å². The summed E-state index contributed by atoms with van der Waals surface area (Å²) in [4.78, 5) is 14.8. The van der Waals surface area contributed by atoms with Crippen LogP contribution >= 0.6 is 22.9 Å². The fourth-order valence-electron chi connectivity index (χ4n) is 1.16. The first-order chi connectivity index (χ1) is 7.58. The second kappa shape index (κ2) is 4.23. The number of rotatable bonds is 3. The van der Waals surface area contributed by atoms with Crippen molar-refractivity contribution in [2.45, 2.75) is 12.8 Å². The summed E-state index contributed by atoms with van der Waals surface area (Å²) in [5.74, 6) is -1.46. The molecule has 5 nitrogen and oxygen atoms in total. The molecule has 0 fully saturated rings. The molecule has 0 bridgehead atoms. The van der Waals surface area contributed by atoms with E-state index in [-0.39, 0.29) is 0 Å². The van der Waals surface area contributed by atoms with Gasteiger partial charge in [0.25, 0.3) is 0 Å². The van der Waals surface area contributed by atoms with Gasteiger partial charge in [-0.2, -0.15) is 5.10 Å². The molecule has 84 valence electrons. The summed E-state index contributed by atoms with van der Waals surface area (Å²) in [6.45, 7) is 1.61. The van der Waals surface area contributed by atoms with Crippen molar-refractivity contribution >= 4 is 28.9 Å². The van der Waals surface area contributed by atoms with Crippen molar-refractivity contribution in [2.24, 2.45) is 0 Å². The average molecular weight is 258 g/mol. The number of hydrogen-bond acceptors (Lipinski definition) is 4. The third-order valence-electron chi connectivity index (χ3n) is 2.13. The molecule has 0 aromatic carbocycles. The normalized spacial score (nSPS) is 12.6. The predicted molar refractivity (Wildman–Crippen MR) is 60.3 cm³/mol. The highest BCUT2D eigenvalue weighted by molar-refractivity contribution is 7.12. The van der Waals surface area contributed by atoms with Gasteiger partial charge in [0.15, 0.2) is 0 Å². The summed E-state index contributed by atoms with van der Waals surface area (Å²) in [6.07, 6.45) is 3.17. The molecule has 2 heterocycles. The van der Waals surface area contributed by atoms with Crippen LogP contribution in [0.25, 0.3) is 5.13 Å². The van der Waals surface area contributed by atoms with E-state index in [2.05, 4.69) is 10.1 Å². The molecule has 0 amide bonds. The Morgan fingerprint density at radius 3 is 3.00 bits per heavy atom. The molecule has 1 atom stereocenters. The lowest BCUT2D eigenvalue weighted by molar-refractivity contribution is -0.138. The van der Waals surface area contributed by atoms with Crippen molar-refractivity contribution in [3.05, 3.63) is 28.5 Å². The fourth-order valence-corrected chi connectivity index (χ4v) is 2.04. The number of thiazole rings is 1. The summed E-state index contributed by atoms with van der Waals surface area (Å²) in [5.41, 5.74) is 0.638. The van der Waals surface area contributed by atoms with Gasteiger partial charge in [-0.05, 0) is 6.92 Å². The average Bonchev–Trinajstić information content (AvgIpc) is 2.84. The smallest absolute Gasteiger partial charge is 0.310 e. The van der Waals surface area contributed by atoms with Crippen LogP contribution in [0.1, 0.15) is 18.4 Å². The van der Waals surface area contributed by atoms with Crippen LogP contribution in [0.15, 0.2) is 17.8 Å². The van der Waals surface area contributed by atoms with Crippen LogP contribution in [0.2, 0.25) is 5.15 Å². The lowest BCUT2D eigenvalue weighted by Gasteiger charge is -2.00. The Morgan fingerprint density at radius 1 is 1.69 bits per heavy atom. The third-order valence-corrected chi connectivity index (χ3v) is 3.29. The van der Waals surface area contributed by atoms with Crippen molar-refractivity contribution in [1.82, 2.24) is 14.8 Å². The van der Waals surface area contributed by atoms with E-state index in [0.29, 0.717) is 15.8 Å². The number of carbonyl (C=O) groups is 1. The van der Waals surface area contributed by atoms with Gasteiger partial charge in [0, 0.05) is 17.1 Å². The summed E-state index contributed by atoms with van der Waals surface area (Å²) in [7, 11) is 0. The highest BCUT2D eigenvalue weighted by Crippen LogP contribution is 2.20. The standard InChI is InChI=1S/C9H8ClN3O2S/c1-5(8(14)15)6-2-11-13(3-6)9-12-7(10)4-16-9/h2-5H,1H3,(H,14,15). The van der Waals surface area contributed by atoms with E-state index in [9.17, 15) is 4.79 Å². The second-order valence-corrected chi connectivity index (χ2v) is 4.45. The number of carboxylic acid groups (broad SMARTS) is 1. The van der Waals surface area contributed by atoms with E-state index in [0.717, 1.165) is 0 Å². The zero-order valence-corrected chi connectivity index (χ0v) is 9.87. The summed E-state index contributed by atoms with van der Waals surface area (Å²) in [6, 6.07) is 0. The molecule has 0 radical (unpaired) electrons. The van der Waals surface area contributed by atoms with Crippen LogP contribution in [-0.4, -0.2) is 25.8 Å². The molecule has 1 unspecified atom stereocenters. The molecule has 0 aliphatic rings. The molecular weight excluding hydrogens is 250 g/mol. The maximum absolute atomic E-state index is 10.8. The van der Waals surface area contributed by atoms with Gasteiger partial charge in [0.1, 0.15) is 5.15 Å². The number of aromatic nitrogens is 3. The zero-order valence-electron chi connectivity index (χ0n) is 8.29. The zero-order chi connectivity index (χ0) is 11.7. The minimum Gasteiger partial charge on any atom is -0.481 e. The largest absolute Gasteiger partial charge is 0.481 e. The predicted octanol–water partition coefficient (Wildman–Crippen LogP) is 2.17. The first-order valence-electron chi connectivity index (χ1n) is 4.46. The second-order valence-electron chi connectivity index (χ2n) is 3.23. The van der Waals surface area contributed by atoms with Gasteiger partial charge >= 0.3 is 5.97 Å². The van der Waals surface area contributed by atoms with Gasteiger partial charge < -0.3 is 5.11 Å². The third kappa shape index (κ3) is 2.07. The van der Waals surface area contributed by atoms with Crippen molar-refractivity contribution in [3.8, 4) is 5.13 Å². The van der Waals surface area contributed by atoms with Gasteiger partial charge in [-0.15, -0.1) is 11.3 Å². The Balaban J connectivity index is 2.29. The molecule has 0 saturated heterocycles. The van der Waals surface area contributed by atoms with Gasteiger partial charge in [-0.1, -0.05) is 11.6 Å². The molecule has 7 heteroatoms. The minimum absolute atomic E-state index is 0.406. The van der Waals surface area contributed by atoms with E-state index in [1.807, 2.05) is 0 Å². The van der Waals surface area contributed by atoms with Crippen LogP contribution in [0.5, 0.6) is 0 Å². The van der Waals surface area contributed by atoms with Gasteiger partial charge in [0.2, 0.25) is 5.13 Å². The lowest BCUT2D eigenvalue weighted by atomic mass is 10.1. The first-order valence-corrected chi connectivity index (χ1v) is 5.72. The van der Waals surface area contributed by atoms with Gasteiger partial charge in [-0.25, -0.2) is 9.67 Å². The fraction of sp³-hybridized carbons (Fsp3) is 0.222. The Bertz CT molecular complexity index is 522. The lowest BCUT2D eigenvalue weighted by Crippen LogP contribution is -2.06. The molecule has 0 spiro atoms. The van der Waals surface area contributed by atoms with Crippen LogP contribution < -0.4 is 0 Å². The molecule has 16 heavy (non-hydrogen) atoms. The molecule has 2 aromatic heterocycles. The summed E-state index contributed by atoms with van der Waals surface area (Å²) >= 11 is 7.04. The van der Waals surface area contributed by atoms with Crippen molar-refractivity contribution in [3.63, 3.8) is 0 Å². The van der Waals surface area contributed by atoms with E-state index in [1.165, 1.54) is 22.2 Å². The van der Waals surface area contributed by atoms with Gasteiger partial charge in [0.05, 0.1) is 12.1 Å². The molecule has 0 aliphatic heterocycles. The number of aliphatic carboxylic acids is 1. The molecule has 0 aliphatic carbocycles. The number of halogens is 1. The maximum atomic E-state index is 10.8. The van der Waals surface area contributed by atoms with E-state index in [4.69, 9.17) is 16.7 Å². The first kappa shape index (κ1) is 11.1. The van der Waals surface area contributed by atoms with Crippen molar-refractivity contribution in [1.29, 1.82) is 0 Å². The molecule has 1 N–H and O–H groups in total. The Labute approximate surface area is 100 Å². The topological polar surface area (TPSA) is 68.0 Å². The van der Waals surface area contributed by atoms with Crippen LogP contribution in [0, 0.1) is 0 Å². The monoisotopic (exact) mass is 257 g/mol.